The Morgan fingerprint density at radius 2 is 1.58 bits per heavy atom. The summed E-state index contributed by atoms with van der Waals surface area (Å²) in [5, 5.41) is 0. The summed E-state index contributed by atoms with van der Waals surface area (Å²) in [5.74, 6) is 0.478. The highest BCUT2D eigenvalue weighted by molar-refractivity contribution is 5.73. The van der Waals surface area contributed by atoms with E-state index in [9.17, 15) is 0 Å². The Bertz CT molecular complexity index is 835. The van der Waals surface area contributed by atoms with Crippen molar-refractivity contribution >= 4 is 11.4 Å². The van der Waals surface area contributed by atoms with Crippen LogP contribution in [0.4, 0.5) is 11.4 Å². The average molecular weight is 311 g/mol. The first kappa shape index (κ1) is 14.8. The molecule has 0 bridgehead atoms. The Kier molecular flexibility index (Phi) is 3.92. The Morgan fingerprint density at radius 3 is 2.38 bits per heavy atom. The lowest BCUT2D eigenvalue weighted by Crippen LogP contribution is -2.23. The number of allylic oxidation sites excluding steroid dienone is 7. The predicted octanol–water partition coefficient (Wildman–Crippen LogP) is 6.09. The number of hydrogen-bond acceptors (Lipinski definition) is 1. The van der Waals surface area contributed by atoms with Crippen molar-refractivity contribution in [1.82, 2.24) is 0 Å². The third kappa shape index (κ3) is 2.74. The maximum Gasteiger partial charge on any atom is 0.0499 e. The van der Waals surface area contributed by atoms with E-state index in [1.807, 2.05) is 0 Å². The number of fused-ring (bicyclic) bond motifs is 1. The molecule has 24 heavy (non-hydrogen) atoms. The summed E-state index contributed by atoms with van der Waals surface area (Å²) in [6, 6.07) is 19.4. The Balaban J connectivity index is 1.85. The zero-order valence-corrected chi connectivity index (χ0v) is 13.9. The topological polar surface area (TPSA) is 3.24 Å². The zero-order valence-electron chi connectivity index (χ0n) is 13.9. The van der Waals surface area contributed by atoms with E-state index in [-0.39, 0.29) is 0 Å². The van der Waals surface area contributed by atoms with E-state index >= 15 is 0 Å². The highest BCUT2D eigenvalue weighted by Crippen LogP contribution is 2.39. The number of anilines is 2. The van der Waals surface area contributed by atoms with Crippen molar-refractivity contribution in [3.63, 3.8) is 0 Å². The average Bonchev–Trinajstić information content (AvgIpc) is 2.65. The molecule has 4 rings (SSSR count). The maximum absolute atomic E-state index is 2.36. The molecule has 0 saturated carbocycles. The minimum Gasteiger partial charge on any atom is -0.310 e. The van der Waals surface area contributed by atoms with Crippen molar-refractivity contribution in [2.24, 2.45) is 5.92 Å². The second-order valence-electron chi connectivity index (χ2n) is 6.34. The van der Waals surface area contributed by atoms with Crippen LogP contribution in [0, 0.1) is 12.8 Å². The molecule has 0 fully saturated rings. The van der Waals surface area contributed by atoms with Gasteiger partial charge >= 0.3 is 0 Å². The first-order valence-corrected chi connectivity index (χ1v) is 8.50. The van der Waals surface area contributed by atoms with Gasteiger partial charge in [0.15, 0.2) is 0 Å². The summed E-state index contributed by atoms with van der Waals surface area (Å²) in [6.45, 7) is 2.13. The molecule has 2 aliphatic rings. The molecule has 0 heterocycles. The third-order valence-electron chi connectivity index (χ3n) is 4.64. The monoisotopic (exact) mass is 311 g/mol. The molecule has 2 aromatic rings. The van der Waals surface area contributed by atoms with Gasteiger partial charge in [0.05, 0.1) is 0 Å². The summed E-state index contributed by atoms with van der Waals surface area (Å²) in [7, 11) is 0. The normalized spacial score (nSPS) is 18.6. The van der Waals surface area contributed by atoms with Crippen LogP contribution in [0.3, 0.4) is 0 Å². The first-order valence-electron chi connectivity index (χ1n) is 8.50. The van der Waals surface area contributed by atoms with Gasteiger partial charge in [-0.05, 0) is 49.3 Å². The summed E-state index contributed by atoms with van der Waals surface area (Å²) >= 11 is 0. The van der Waals surface area contributed by atoms with Gasteiger partial charge < -0.3 is 4.90 Å². The molecule has 118 valence electrons. The summed E-state index contributed by atoms with van der Waals surface area (Å²) in [5.41, 5.74) is 6.33. The Labute approximate surface area is 143 Å². The van der Waals surface area contributed by atoms with Crippen LogP contribution < -0.4 is 4.90 Å². The number of benzene rings is 2. The molecule has 1 atom stereocenters. The number of aryl methyl sites for hydroxylation is 1. The van der Waals surface area contributed by atoms with E-state index in [0.717, 1.165) is 6.42 Å². The highest BCUT2D eigenvalue weighted by atomic mass is 15.2. The van der Waals surface area contributed by atoms with Gasteiger partial charge in [-0.15, -0.1) is 0 Å². The van der Waals surface area contributed by atoms with Gasteiger partial charge in [0.2, 0.25) is 0 Å². The third-order valence-corrected chi connectivity index (χ3v) is 4.64. The standard InChI is InChI=1S/C23H21N/c1-18-14-16-21(17-15-18)24(20-10-3-2-4-11-20)23-13-7-9-19-8-5-6-12-22(19)23/h2-7,9-17,19H,8H2,1H3. The highest BCUT2D eigenvalue weighted by Gasteiger charge is 2.24. The van der Waals surface area contributed by atoms with Crippen LogP contribution in [0.2, 0.25) is 0 Å². The summed E-state index contributed by atoms with van der Waals surface area (Å²) in [6.07, 6.45) is 14.5. The second kappa shape index (κ2) is 6.37. The van der Waals surface area contributed by atoms with Crippen LogP contribution >= 0.6 is 0 Å². The molecular weight excluding hydrogens is 290 g/mol. The van der Waals surface area contributed by atoms with E-state index in [1.165, 1.54) is 28.2 Å². The van der Waals surface area contributed by atoms with E-state index < -0.39 is 0 Å². The van der Waals surface area contributed by atoms with Crippen LogP contribution in [-0.2, 0) is 0 Å². The van der Waals surface area contributed by atoms with Crippen LogP contribution in [0.15, 0.2) is 102 Å². The molecule has 2 aromatic carbocycles. The summed E-state index contributed by atoms with van der Waals surface area (Å²) in [4.78, 5) is 2.36. The fourth-order valence-corrected chi connectivity index (χ4v) is 3.38. The number of hydrogen-bond donors (Lipinski definition) is 0. The lowest BCUT2D eigenvalue weighted by Gasteiger charge is -2.34. The van der Waals surface area contributed by atoms with E-state index in [0.29, 0.717) is 5.92 Å². The molecule has 0 amide bonds. The largest absolute Gasteiger partial charge is 0.310 e. The van der Waals surface area contributed by atoms with E-state index in [1.54, 1.807) is 0 Å². The molecule has 1 nitrogen and oxygen atoms in total. The van der Waals surface area contributed by atoms with Gasteiger partial charge in [-0.2, -0.15) is 0 Å². The molecule has 0 radical (unpaired) electrons. The predicted molar refractivity (Wildman–Crippen MR) is 102 cm³/mol. The second-order valence-corrected chi connectivity index (χ2v) is 6.34. The van der Waals surface area contributed by atoms with Crippen molar-refractivity contribution in [2.45, 2.75) is 13.3 Å². The number of rotatable bonds is 3. The van der Waals surface area contributed by atoms with Crippen molar-refractivity contribution in [1.29, 1.82) is 0 Å². The zero-order chi connectivity index (χ0) is 16.4. The molecule has 1 unspecified atom stereocenters. The lowest BCUT2D eigenvalue weighted by molar-refractivity contribution is 0.758. The Morgan fingerprint density at radius 1 is 0.833 bits per heavy atom. The van der Waals surface area contributed by atoms with Gasteiger partial charge in [-0.1, -0.05) is 66.3 Å². The molecule has 0 aliphatic heterocycles. The van der Waals surface area contributed by atoms with Gasteiger partial charge in [0.25, 0.3) is 0 Å². The van der Waals surface area contributed by atoms with E-state index in [4.69, 9.17) is 0 Å². The molecule has 2 aliphatic carbocycles. The quantitative estimate of drug-likeness (QED) is 0.663. The smallest absolute Gasteiger partial charge is 0.0499 e. The van der Waals surface area contributed by atoms with Gasteiger partial charge in [0, 0.05) is 23.0 Å². The lowest BCUT2D eigenvalue weighted by atomic mass is 9.85. The fraction of sp³-hybridized carbons (Fsp3) is 0.130. The van der Waals surface area contributed by atoms with Crippen LogP contribution in [0.5, 0.6) is 0 Å². The maximum atomic E-state index is 2.36. The van der Waals surface area contributed by atoms with Crippen LogP contribution in [-0.4, -0.2) is 0 Å². The summed E-state index contributed by atoms with van der Waals surface area (Å²) < 4.78 is 0. The first-order chi connectivity index (χ1) is 11.8. The van der Waals surface area contributed by atoms with Gasteiger partial charge in [0.1, 0.15) is 0 Å². The van der Waals surface area contributed by atoms with Crippen molar-refractivity contribution in [3.8, 4) is 0 Å². The molecule has 0 saturated heterocycles. The molecular formula is C23H21N. The van der Waals surface area contributed by atoms with Crippen molar-refractivity contribution in [3.05, 3.63) is 108 Å². The number of nitrogens with zero attached hydrogens (tertiary/aromatic N) is 1. The molecule has 0 spiro atoms. The van der Waals surface area contributed by atoms with Crippen molar-refractivity contribution < 1.29 is 0 Å². The van der Waals surface area contributed by atoms with Crippen molar-refractivity contribution in [2.75, 3.05) is 4.90 Å². The Hall–Kier alpha value is -2.80. The van der Waals surface area contributed by atoms with Gasteiger partial charge in [-0.3, -0.25) is 0 Å². The molecule has 0 N–H and O–H groups in total. The van der Waals surface area contributed by atoms with E-state index in [2.05, 4.69) is 103 Å². The SMILES string of the molecule is Cc1ccc(N(C2=CC=CC3CC=CC=C23)c2ccccc2)cc1. The number of para-hydroxylation sites is 1. The fourth-order valence-electron chi connectivity index (χ4n) is 3.38. The van der Waals surface area contributed by atoms with Crippen LogP contribution in [0.1, 0.15) is 12.0 Å². The molecule has 1 heteroatoms. The molecule has 0 aromatic heterocycles. The minimum absolute atomic E-state index is 0.478. The van der Waals surface area contributed by atoms with Crippen LogP contribution in [0.25, 0.3) is 0 Å². The van der Waals surface area contributed by atoms with Gasteiger partial charge in [-0.25, -0.2) is 0 Å². The minimum atomic E-state index is 0.478.